The molecule has 140 valence electrons. The number of carbonyl (C=O) groups is 1. The second-order valence-corrected chi connectivity index (χ2v) is 8.27. The molecule has 2 rings (SSSR count). The fourth-order valence-corrected chi connectivity index (χ4v) is 4.02. The number of rotatable bonds is 6. The van der Waals surface area contributed by atoms with Gasteiger partial charge in [-0.05, 0) is 51.9 Å². The Bertz CT molecular complexity index is 783. The fraction of sp³-hybridized carbons (Fsp3) is 0.400. The average Bonchev–Trinajstić information content (AvgIpc) is 2.91. The van der Waals surface area contributed by atoms with E-state index in [0.29, 0.717) is 22.3 Å². The molecule has 0 saturated heterocycles. The molecular formula is C20H26N2O2S2. The van der Waals surface area contributed by atoms with Gasteiger partial charge in [0.05, 0.1) is 6.61 Å². The van der Waals surface area contributed by atoms with Crippen molar-refractivity contribution in [1.29, 1.82) is 0 Å². The number of carbonyl (C=O) groups excluding carboxylic acids is 1. The van der Waals surface area contributed by atoms with Gasteiger partial charge in [-0.25, -0.2) is 4.79 Å². The first-order valence-corrected chi connectivity index (χ1v) is 9.96. The van der Waals surface area contributed by atoms with E-state index < -0.39 is 0 Å². The van der Waals surface area contributed by atoms with E-state index >= 15 is 0 Å². The highest BCUT2D eigenvalue weighted by Crippen LogP contribution is 2.40. The third-order valence-electron chi connectivity index (χ3n) is 4.19. The number of thiophene rings is 1. The Hall–Kier alpha value is -1.92. The topological polar surface area (TPSA) is 50.4 Å². The lowest BCUT2D eigenvalue weighted by Crippen LogP contribution is -2.44. The van der Waals surface area contributed by atoms with Gasteiger partial charge >= 0.3 is 5.97 Å². The highest BCUT2D eigenvalue weighted by molar-refractivity contribution is 7.80. The van der Waals surface area contributed by atoms with Crippen LogP contribution in [-0.4, -0.2) is 23.2 Å². The van der Waals surface area contributed by atoms with Crippen molar-refractivity contribution in [2.45, 2.75) is 46.6 Å². The number of anilines is 1. The van der Waals surface area contributed by atoms with Crippen LogP contribution in [0.25, 0.3) is 11.1 Å². The number of ether oxygens (including phenoxy) is 1. The minimum absolute atomic E-state index is 0.122. The van der Waals surface area contributed by atoms with Crippen LogP contribution in [0.3, 0.4) is 0 Å². The van der Waals surface area contributed by atoms with Crippen molar-refractivity contribution in [3.63, 3.8) is 0 Å². The highest BCUT2D eigenvalue weighted by atomic mass is 32.1. The molecule has 0 saturated carbocycles. The van der Waals surface area contributed by atoms with Gasteiger partial charge in [0.15, 0.2) is 5.11 Å². The van der Waals surface area contributed by atoms with Crippen LogP contribution in [-0.2, 0) is 4.74 Å². The van der Waals surface area contributed by atoms with Crippen molar-refractivity contribution in [2.75, 3.05) is 11.9 Å². The Labute approximate surface area is 165 Å². The lowest BCUT2D eigenvalue weighted by molar-refractivity contribution is 0.0529. The van der Waals surface area contributed by atoms with Crippen LogP contribution in [0, 0.1) is 6.92 Å². The van der Waals surface area contributed by atoms with Crippen molar-refractivity contribution in [3.05, 3.63) is 40.8 Å². The number of aryl methyl sites for hydroxylation is 1. The summed E-state index contributed by atoms with van der Waals surface area (Å²) in [5.74, 6) is -0.337. The molecule has 0 spiro atoms. The summed E-state index contributed by atoms with van der Waals surface area (Å²) in [4.78, 5) is 13.7. The van der Waals surface area contributed by atoms with E-state index in [9.17, 15) is 4.79 Å². The molecule has 1 aromatic carbocycles. The molecule has 0 radical (unpaired) electrons. The van der Waals surface area contributed by atoms with Gasteiger partial charge < -0.3 is 15.4 Å². The quantitative estimate of drug-likeness (QED) is 0.513. The molecule has 2 aromatic rings. The zero-order valence-corrected chi connectivity index (χ0v) is 17.6. The third kappa shape index (κ3) is 4.83. The van der Waals surface area contributed by atoms with Gasteiger partial charge in [0, 0.05) is 16.0 Å². The van der Waals surface area contributed by atoms with Crippen LogP contribution in [0.4, 0.5) is 5.00 Å². The molecule has 0 fully saturated rings. The van der Waals surface area contributed by atoms with Gasteiger partial charge in [-0.15, -0.1) is 11.3 Å². The molecular weight excluding hydrogens is 364 g/mol. The van der Waals surface area contributed by atoms with E-state index in [1.165, 1.54) is 11.3 Å². The van der Waals surface area contributed by atoms with Crippen molar-refractivity contribution < 1.29 is 9.53 Å². The predicted octanol–water partition coefficient (Wildman–Crippen LogP) is 5.38. The summed E-state index contributed by atoms with van der Waals surface area (Å²) in [6, 6.07) is 9.88. The van der Waals surface area contributed by atoms with Crippen molar-refractivity contribution >= 4 is 39.6 Å². The summed E-state index contributed by atoms with van der Waals surface area (Å²) in [5.41, 5.74) is 2.31. The SMILES string of the molecule is CCOC(=O)c1c(NC(=S)NC(C)(C)CC)sc(C)c1-c1ccccc1. The van der Waals surface area contributed by atoms with E-state index in [2.05, 4.69) is 31.4 Å². The van der Waals surface area contributed by atoms with E-state index in [1.807, 2.05) is 44.2 Å². The molecule has 0 aliphatic rings. The molecule has 1 heterocycles. The minimum atomic E-state index is -0.337. The maximum atomic E-state index is 12.7. The Morgan fingerprint density at radius 3 is 2.46 bits per heavy atom. The number of esters is 1. The lowest BCUT2D eigenvalue weighted by Gasteiger charge is -2.26. The van der Waals surface area contributed by atoms with Gasteiger partial charge in [0.2, 0.25) is 0 Å². The van der Waals surface area contributed by atoms with Gasteiger partial charge in [0.25, 0.3) is 0 Å². The molecule has 0 unspecified atom stereocenters. The van der Waals surface area contributed by atoms with Crippen LogP contribution in [0.5, 0.6) is 0 Å². The minimum Gasteiger partial charge on any atom is -0.462 e. The van der Waals surface area contributed by atoms with Crippen LogP contribution >= 0.6 is 23.6 Å². The summed E-state index contributed by atoms with van der Waals surface area (Å²) in [6.45, 7) is 10.4. The van der Waals surface area contributed by atoms with Gasteiger partial charge in [-0.1, -0.05) is 37.3 Å². The Morgan fingerprint density at radius 1 is 1.23 bits per heavy atom. The first kappa shape index (κ1) is 20.4. The van der Waals surface area contributed by atoms with Gasteiger partial charge in [0.1, 0.15) is 10.6 Å². The average molecular weight is 391 g/mol. The molecule has 0 bridgehead atoms. The van der Waals surface area contributed by atoms with E-state index in [0.717, 1.165) is 22.4 Å². The highest BCUT2D eigenvalue weighted by Gasteiger charge is 2.25. The molecule has 1 aromatic heterocycles. The molecule has 26 heavy (non-hydrogen) atoms. The van der Waals surface area contributed by atoms with Crippen LogP contribution < -0.4 is 10.6 Å². The van der Waals surface area contributed by atoms with E-state index in [-0.39, 0.29) is 11.5 Å². The van der Waals surface area contributed by atoms with Crippen molar-refractivity contribution in [1.82, 2.24) is 5.32 Å². The molecule has 0 aliphatic carbocycles. The summed E-state index contributed by atoms with van der Waals surface area (Å²) >= 11 is 6.98. The molecule has 0 aliphatic heterocycles. The summed E-state index contributed by atoms with van der Waals surface area (Å²) in [6.07, 6.45) is 0.929. The number of hydrogen-bond donors (Lipinski definition) is 2. The van der Waals surface area contributed by atoms with Gasteiger partial charge in [-0.3, -0.25) is 0 Å². The summed E-state index contributed by atoms with van der Waals surface area (Å²) in [5, 5.41) is 7.72. The second-order valence-electron chi connectivity index (χ2n) is 6.64. The first-order chi connectivity index (χ1) is 12.3. The zero-order valence-electron chi connectivity index (χ0n) is 15.9. The number of nitrogens with one attached hydrogen (secondary N) is 2. The standard InChI is InChI=1S/C20H26N2O2S2/c1-6-20(4,5)22-19(25)21-17-16(18(23)24-7-2)15(13(3)26-17)14-11-9-8-10-12-14/h8-12H,6-7H2,1-5H3,(H2,21,22,25). The van der Waals surface area contributed by atoms with Crippen LogP contribution in [0.1, 0.15) is 49.4 Å². The second kappa shape index (κ2) is 8.64. The van der Waals surface area contributed by atoms with Gasteiger partial charge in [-0.2, -0.15) is 0 Å². The normalized spacial score (nSPS) is 11.1. The molecule has 0 amide bonds. The Kier molecular flexibility index (Phi) is 6.78. The first-order valence-electron chi connectivity index (χ1n) is 8.74. The van der Waals surface area contributed by atoms with Crippen LogP contribution in [0.15, 0.2) is 30.3 Å². The number of hydrogen-bond acceptors (Lipinski definition) is 4. The number of thiocarbonyl (C=S) groups is 1. The monoisotopic (exact) mass is 390 g/mol. The molecule has 2 N–H and O–H groups in total. The largest absolute Gasteiger partial charge is 0.462 e. The maximum absolute atomic E-state index is 12.7. The summed E-state index contributed by atoms with van der Waals surface area (Å²) in [7, 11) is 0. The Balaban J connectivity index is 2.43. The van der Waals surface area contributed by atoms with Crippen molar-refractivity contribution in [3.8, 4) is 11.1 Å². The van der Waals surface area contributed by atoms with E-state index in [4.69, 9.17) is 17.0 Å². The molecule has 0 atom stereocenters. The van der Waals surface area contributed by atoms with Crippen LogP contribution in [0.2, 0.25) is 0 Å². The molecule has 4 nitrogen and oxygen atoms in total. The zero-order chi connectivity index (χ0) is 19.3. The predicted molar refractivity (Wildman–Crippen MR) is 114 cm³/mol. The Morgan fingerprint density at radius 2 is 1.88 bits per heavy atom. The lowest BCUT2D eigenvalue weighted by atomic mass is 10.0. The summed E-state index contributed by atoms with van der Waals surface area (Å²) < 4.78 is 5.31. The molecule has 6 heteroatoms. The fourth-order valence-electron chi connectivity index (χ4n) is 2.51. The van der Waals surface area contributed by atoms with E-state index in [1.54, 1.807) is 0 Å². The van der Waals surface area contributed by atoms with Crippen molar-refractivity contribution in [2.24, 2.45) is 0 Å². The third-order valence-corrected chi connectivity index (χ3v) is 5.41. The maximum Gasteiger partial charge on any atom is 0.341 e. The number of benzene rings is 1. The smallest absolute Gasteiger partial charge is 0.341 e.